The molecule has 1 aromatic carbocycles. The standard InChI is InChI=1S/C17H15F2N3O3S/c1-3-25-17(24)13(22-20)14(23)11-8-12(18)16(21-15(11)19)26-10-6-4-9(2)5-7-10/h4-8,20,23H,3H2,1-2H3/b14-13+,22-20?. The highest BCUT2D eigenvalue weighted by molar-refractivity contribution is 7.99. The molecule has 1 heterocycles. The fraction of sp³-hybridized carbons (Fsp3) is 0.176. The van der Waals surface area contributed by atoms with E-state index in [9.17, 15) is 18.7 Å². The van der Waals surface area contributed by atoms with Crippen LogP contribution in [-0.2, 0) is 9.53 Å². The molecule has 0 amide bonds. The molecule has 0 spiro atoms. The predicted octanol–water partition coefficient (Wildman–Crippen LogP) is 4.64. The van der Waals surface area contributed by atoms with E-state index in [0.717, 1.165) is 17.3 Å². The summed E-state index contributed by atoms with van der Waals surface area (Å²) in [6, 6.07) is 7.81. The van der Waals surface area contributed by atoms with E-state index in [-0.39, 0.29) is 11.6 Å². The number of benzene rings is 1. The van der Waals surface area contributed by atoms with Crippen LogP contribution in [0.5, 0.6) is 0 Å². The van der Waals surface area contributed by atoms with Crippen LogP contribution in [0.15, 0.2) is 51.1 Å². The van der Waals surface area contributed by atoms with Crippen molar-refractivity contribution in [2.75, 3.05) is 6.61 Å². The topological polar surface area (TPSA) is 95.6 Å². The van der Waals surface area contributed by atoms with E-state index >= 15 is 0 Å². The smallest absolute Gasteiger partial charge is 0.362 e. The number of halogens is 2. The molecule has 6 nitrogen and oxygen atoms in total. The highest BCUT2D eigenvalue weighted by atomic mass is 32.2. The van der Waals surface area contributed by atoms with Crippen LogP contribution < -0.4 is 0 Å². The minimum absolute atomic E-state index is 0.0354. The lowest BCUT2D eigenvalue weighted by Gasteiger charge is -2.08. The Hall–Kier alpha value is -2.81. The number of aryl methyl sites for hydroxylation is 1. The second-order valence-corrected chi connectivity index (χ2v) is 6.12. The number of pyridine rings is 1. The van der Waals surface area contributed by atoms with Crippen LogP contribution in [-0.4, -0.2) is 22.7 Å². The summed E-state index contributed by atoms with van der Waals surface area (Å²) in [6.07, 6.45) is 0. The Balaban J connectivity index is 2.40. The molecule has 0 fully saturated rings. The van der Waals surface area contributed by atoms with Gasteiger partial charge in [0.2, 0.25) is 11.6 Å². The van der Waals surface area contributed by atoms with Crippen molar-refractivity contribution in [3.05, 3.63) is 58.9 Å². The molecule has 0 radical (unpaired) electrons. The molecular weight excluding hydrogens is 364 g/mol. The number of carbonyl (C=O) groups is 1. The number of esters is 1. The van der Waals surface area contributed by atoms with Crippen LogP contribution in [0.3, 0.4) is 0 Å². The van der Waals surface area contributed by atoms with E-state index < -0.39 is 34.8 Å². The third kappa shape index (κ3) is 4.42. The van der Waals surface area contributed by atoms with Crippen LogP contribution in [0, 0.1) is 24.2 Å². The largest absolute Gasteiger partial charge is 0.505 e. The first kappa shape index (κ1) is 19.5. The molecule has 0 aliphatic carbocycles. The molecule has 2 aromatic rings. The number of aliphatic hydroxyl groups excluding tert-OH is 1. The van der Waals surface area contributed by atoms with Crippen molar-refractivity contribution >= 4 is 23.5 Å². The molecule has 0 saturated carbocycles. The van der Waals surface area contributed by atoms with E-state index in [1.165, 1.54) is 6.92 Å². The minimum Gasteiger partial charge on any atom is -0.505 e. The number of hydrogen-bond donors (Lipinski definition) is 2. The molecule has 0 atom stereocenters. The first-order chi connectivity index (χ1) is 12.4. The molecule has 136 valence electrons. The van der Waals surface area contributed by atoms with Crippen LogP contribution in [0.4, 0.5) is 8.78 Å². The number of ether oxygens (including phenoxy) is 1. The maximum Gasteiger partial charge on any atom is 0.362 e. The van der Waals surface area contributed by atoms with Crippen molar-refractivity contribution in [3.8, 4) is 0 Å². The number of nitrogens with zero attached hydrogens (tertiary/aromatic N) is 2. The Kier molecular flexibility index (Phi) is 6.40. The average Bonchev–Trinajstić information content (AvgIpc) is 2.60. The zero-order chi connectivity index (χ0) is 19.3. The number of aliphatic hydroxyl groups is 1. The number of nitrogens with one attached hydrogen (secondary N) is 1. The lowest BCUT2D eigenvalue weighted by atomic mass is 10.2. The molecular formula is C17H15F2N3O3S. The number of hydrogen-bond acceptors (Lipinski definition) is 7. The van der Waals surface area contributed by atoms with Gasteiger partial charge in [0.1, 0.15) is 5.03 Å². The SMILES string of the molecule is CCOC(=O)/C(N=N)=C(\O)c1cc(F)c(Sc2ccc(C)cc2)nc1F. The summed E-state index contributed by atoms with van der Waals surface area (Å²) in [5.41, 5.74) is 6.44. The summed E-state index contributed by atoms with van der Waals surface area (Å²) in [7, 11) is 0. The van der Waals surface area contributed by atoms with Gasteiger partial charge in [0.25, 0.3) is 0 Å². The quantitative estimate of drug-likeness (QED) is 0.251. The maximum absolute atomic E-state index is 14.3. The van der Waals surface area contributed by atoms with Gasteiger partial charge < -0.3 is 9.84 Å². The van der Waals surface area contributed by atoms with Gasteiger partial charge in [0.15, 0.2) is 11.6 Å². The van der Waals surface area contributed by atoms with Crippen LogP contribution in [0.1, 0.15) is 18.1 Å². The van der Waals surface area contributed by atoms with Crippen molar-refractivity contribution in [2.24, 2.45) is 5.11 Å². The number of aromatic nitrogens is 1. The normalized spacial score (nSPS) is 11.7. The number of rotatable bonds is 6. The van der Waals surface area contributed by atoms with Crippen molar-refractivity contribution in [2.45, 2.75) is 23.8 Å². The molecule has 2 N–H and O–H groups in total. The molecule has 0 saturated heterocycles. The lowest BCUT2D eigenvalue weighted by molar-refractivity contribution is -0.138. The molecule has 9 heteroatoms. The third-order valence-electron chi connectivity index (χ3n) is 3.19. The van der Waals surface area contributed by atoms with Gasteiger partial charge in [-0.2, -0.15) is 4.39 Å². The maximum atomic E-state index is 14.3. The Bertz CT molecular complexity index is 870. The summed E-state index contributed by atoms with van der Waals surface area (Å²) in [5.74, 6) is -4.25. The summed E-state index contributed by atoms with van der Waals surface area (Å²) in [4.78, 5) is 15.8. The minimum atomic E-state index is -1.20. The Labute approximate surface area is 152 Å². The third-order valence-corrected chi connectivity index (χ3v) is 4.18. The molecule has 0 unspecified atom stereocenters. The summed E-state index contributed by atoms with van der Waals surface area (Å²) < 4.78 is 33.2. The highest BCUT2D eigenvalue weighted by Crippen LogP contribution is 2.31. The summed E-state index contributed by atoms with van der Waals surface area (Å²) >= 11 is 0.910. The molecule has 0 bridgehead atoms. The van der Waals surface area contributed by atoms with Gasteiger partial charge in [-0.25, -0.2) is 19.7 Å². The zero-order valence-corrected chi connectivity index (χ0v) is 14.7. The Morgan fingerprint density at radius 3 is 2.58 bits per heavy atom. The summed E-state index contributed by atoms with van der Waals surface area (Å²) in [6.45, 7) is 3.37. The second kappa shape index (κ2) is 8.52. The van der Waals surface area contributed by atoms with Crippen molar-refractivity contribution in [1.29, 1.82) is 5.53 Å². The van der Waals surface area contributed by atoms with Crippen LogP contribution in [0.2, 0.25) is 0 Å². The van der Waals surface area contributed by atoms with Gasteiger partial charge in [-0.15, -0.1) is 5.11 Å². The van der Waals surface area contributed by atoms with Gasteiger partial charge in [-0.3, -0.25) is 0 Å². The van der Waals surface area contributed by atoms with E-state index in [4.69, 9.17) is 5.53 Å². The van der Waals surface area contributed by atoms with Gasteiger partial charge in [-0.05, 0) is 32.0 Å². The fourth-order valence-electron chi connectivity index (χ4n) is 1.93. The molecule has 26 heavy (non-hydrogen) atoms. The molecule has 0 aliphatic rings. The van der Waals surface area contributed by atoms with Crippen molar-refractivity contribution in [1.82, 2.24) is 4.98 Å². The van der Waals surface area contributed by atoms with Gasteiger partial charge in [0.05, 0.1) is 12.2 Å². The van der Waals surface area contributed by atoms with Gasteiger partial charge >= 0.3 is 5.97 Å². The molecule has 2 rings (SSSR count). The van der Waals surface area contributed by atoms with E-state index in [1.807, 2.05) is 19.1 Å². The van der Waals surface area contributed by atoms with Crippen molar-refractivity contribution in [3.63, 3.8) is 0 Å². The first-order valence-corrected chi connectivity index (χ1v) is 8.27. The van der Waals surface area contributed by atoms with E-state index in [2.05, 4.69) is 14.8 Å². The Morgan fingerprint density at radius 1 is 1.35 bits per heavy atom. The van der Waals surface area contributed by atoms with Gasteiger partial charge in [-0.1, -0.05) is 29.5 Å². The number of carbonyl (C=O) groups excluding carboxylic acids is 1. The Morgan fingerprint density at radius 2 is 2.00 bits per heavy atom. The average molecular weight is 379 g/mol. The highest BCUT2D eigenvalue weighted by Gasteiger charge is 2.23. The van der Waals surface area contributed by atoms with Crippen LogP contribution in [0.25, 0.3) is 5.76 Å². The summed E-state index contributed by atoms with van der Waals surface area (Å²) in [5, 5.41) is 12.6. The fourth-order valence-corrected chi connectivity index (χ4v) is 2.71. The van der Waals surface area contributed by atoms with Crippen molar-refractivity contribution < 1.29 is 23.4 Å². The first-order valence-electron chi connectivity index (χ1n) is 7.46. The second-order valence-electron chi connectivity index (χ2n) is 5.06. The molecule has 1 aromatic heterocycles. The van der Waals surface area contributed by atoms with Crippen LogP contribution >= 0.6 is 11.8 Å². The van der Waals surface area contributed by atoms with Gasteiger partial charge in [0, 0.05) is 4.90 Å². The van der Waals surface area contributed by atoms with E-state index in [0.29, 0.717) is 11.0 Å². The molecule has 0 aliphatic heterocycles. The predicted molar refractivity (Wildman–Crippen MR) is 90.8 cm³/mol. The van der Waals surface area contributed by atoms with E-state index in [1.54, 1.807) is 12.1 Å². The lowest BCUT2D eigenvalue weighted by Crippen LogP contribution is -2.09. The monoisotopic (exact) mass is 379 g/mol. The zero-order valence-electron chi connectivity index (χ0n) is 13.9.